The number of carbonyl (C=O) groups excluding carboxylic acids is 1. The van der Waals surface area contributed by atoms with E-state index in [1.54, 1.807) is 7.11 Å². The lowest BCUT2D eigenvalue weighted by Gasteiger charge is -2.01. The monoisotopic (exact) mass is 355 g/mol. The smallest absolute Gasteiger partial charge is 0.322 e. The van der Waals surface area contributed by atoms with Crippen LogP contribution in [0.4, 0.5) is 6.01 Å². The van der Waals surface area contributed by atoms with Gasteiger partial charge in [-0.2, -0.15) is 0 Å². The van der Waals surface area contributed by atoms with Gasteiger partial charge in [0, 0.05) is 4.90 Å². The third-order valence-electron chi connectivity index (χ3n) is 3.34. The minimum Gasteiger partial charge on any atom is -0.497 e. The highest BCUT2D eigenvalue weighted by Crippen LogP contribution is 2.18. The number of nitrogens with one attached hydrogen (secondary N) is 1. The number of ether oxygens (including phenoxy) is 1. The molecule has 2 aromatic carbocycles. The van der Waals surface area contributed by atoms with E-state index < -0.39 is 0 Å². The molecule has 0 spiro atoms. The van der Waals surface area contributed by atoms with Crippen molar-refractivity contribution in [1.29, 1.82) is 0 Å². The van der Waals surface area contributed by atoms with Crippen LogP contribution in [0, 0.1) is 0 Å². The van der Waals surface area contributed by atoms with Crippen LogP contribution in [0.1, 0.15) is 11.5 Å². The van der Waals surface area contributed by atoms with E-state index in [0.29, 0.717) is 12.3 Å². The standard InChI is InChI=1S/C18H17N3O3S/c1-23-14-9-7-13(8-10-14)11-17-20-21-18(24-17)19-16(22)12-25-15-5-3-2-4-6-15/h2-10H,11-12H2,1H3,(H,19,21,22). The van der Waals surface area contributed by atoms with Gasteiger partial charge in [0.2, 0.25) is 11.8 Å². The number of hydrogen-bond acceptors (Lipinski definition) is 6. The molecule has 0 unspecified atom stereocenters. The first-order valence-corrected chi connectivity index (χ1v) is 8.64. The quantitative estimate of drug-likeness (QED) is 0.655. The zero-order valence-electron chi connectivity index (χ0n) is 13.6. The molecule has 1 N–H and O–H groups in total. The Labute approximate surface area is 149 Å². The van der Waals surface area contributed by atoms with Crippen molar-refractivity contribution < 1.29 is 13.9 Å². The summed E-state index contributed by atoms with van der Waals surface area (Å²) >= 11 is 1.45. The van der Waals surface area contributed by atoms with Gasteiger partial charge in [0.05, 0.1) is 19.3 Å². The predicted molar refractivity (Wildman–Crippen MR) is 95.9 cm³/mol. The van der Waals surface area contributed by atoms with Crippen molar-refractivity contribution in [2.75, 3.05) is 18.2 Å². The Kier molecular flexibility index (Phi) is 5.69. The van der Waals surface area contributed by atoms with E-state index in [1.165, 1.54) is 11.8 Å². The molecule has 0 aliphatic carbocycles. The molecule has 0 aliphatic rings. The average Bonchev–Trinajstić information content (AvgIpc) is 3.08. The van der Waals surface area contributed by atoms with Gasteiger partial charge in [-0.1, -0.05) is 35.4 Å². The Morgan fingerprint density at radius 1 is 1.12 bits per heavy atom. The average molecular weight is 355 g/mol. The van der Waals surface area contributed by atoms with E-state index in [1.807, 2.05) is 54.6 Å². The lowest BCUT2D eigenvalue weighted by Crippen LogP contribution is -2.14. The van der Waals surface area contributed by atoms with Gasteiger partial charge in [0.15, 0.2) is 0 Å². The van der Waals surface area contributed by atoms with E-state index in [4.69, 9.17) is 9.15 Å². The Bertz CT molecular complexity index is 819. The van der Waals surface area contributed by atoms with E-state index >= 15 is 0 Å². The first-order chi connectivity index (χ1) is 12.2. The summed E-state index contributed by atoms with van der Waals surface area (Å²) in [5.41, 5.74) is 1.02. The molecule has 0 saturated carbocycles. The van der Waals surface area contributed by atoms with Crippen LogP contribution in [0.15, 0.2) is 63.9 Å². The third-order valence-corrected chi connectivity index (χ3v) is 4.35. The molecule has 6 nitrogen and oxygen atoms in total. The first-order valence-electron chi connectivity index (χ1n) is 7.66. The van der Waals surface area contributed by atoms with Crippen LogP contribution >= 0.6 is 11.8 Å². The fourth-order valence-electron chi connectivity index (χ4n) is 2.11. The van der Waals surface area contributed by atoms with E-state index in [-0.39, 0.29) is 17.7 Å². The first kappa shape index (κ1) is 17.0. The van der Waals surface area contributed by atoms with E-state index in [0.717, 1.165) is 16.2 Å². The van der Waals surface area contributed by atoms with Gasteiger partial charge in [-0.25, -0.2) is 0 Å². The molecule has 3 rings (SSSR count). The molecule has 3 aromatic rings. The Hall–Kier alpha value is -2.80. The summed E-state index contributed by atoms with van der Waals surface area (Å²) in [6, 6.07) is 17.4. The summed E-state index contributed by atoms with van der Waals surface area (Å²) in [5, 5.41) is 10.4. The second-order valence-electron chi connectivity index (χ2n) is 5.18. The molecule has 1 heterocycles. The van der Waals surface area contributed by atoms with Crippen molar-refractivity contribution in [3.8, 4) is 5.75 Å². The van der Waals surface area contributed by atoms with Crippen molar-refractivity contribution in [1.82, 2.24) is 10.2 Å². The number of anilines is 1. The van der Waals surface area contributed by atoms with Crippen LogP contribution < -0.4 is 10.1 Å². The fraction of sp³-hybridized carbons (Fsp3) is 0.167. The number of amides is 1. The lowest BCUT2D eigenvalue weighted by molar-refractivity contribution is -0.113. The SMILES string of the molecule is COc1ccc(Cc2nnc(NC(=O)CSc3ccccc3)o2)cc1. The Balaban J connectivity index is 1.51. The lowest BCUT2D eigenvalue weighted by atomic mass is 10.1. The number of rotatable bonds is 7. The molecule has 7 heteroatoms. The van der Waals surface area contributed by atoms with Crippen molar-refractivity contribution >= 4 is 23.7 Å². The molecule has 0 radical (unpaired) electrons. The number of aromatic nitrogens is 2. The zero-order valence-corrected chi connectivity index (χ0v) is 14.5. The van der Waals surface area contributed by atoms with Gasteiger partial charge in [0.1, 0.15) is 5.75 Å². The third kappa shape index (κ3) is 5.09. The summed E-state index contributed by atoms with van der Waals surface area (Å²) in [7, 11) is 1.62. The van der Waals surface area contributed by atoms with Crippen LogP contribution in [-0.2, 0) is 11.2 Å². The minimum atomic E-state index is -0.187. The predicted octanol–water partition coefficient (Wildman–Crippen LogP) is 3.40. The zero-order chi connectivity index (χ0) is 17.5. The molecule has 0 atom stereocenters. The topological polar surface area (TPSA) is 77.3 Å². The summed E-state index contributed by atoms with van der Waals surface area (Å²) in [4.78, 5) is 13.0. The van der Waals surface area contributed by atoms with Crippen molar-refractivity contribution in [2.45, 2.75) is 11.3 Å². The molecule has 1 aromatic heterocycles. The van der Waals surface area contributed by atoms with Gasteiger partial charge in [0.25, 0.3) is 0 Å². The number of benzene rings is 2. The Morgan fingerprint density at radius 3 is 2.60 bits per heavy atom. The second-order valence-corrected chi connectivity index (χ2v) is 6.22. The summed E-state index contributed by atoms with van der Waals surface area (Å²) in [6.07, 6.45) is 0.492. The van der Waals surface area contributed by atoms with Crippen molar-refractivity contribution in [3.05, 3.63) is 66.1 Å². The van der Waals surface area contributed by atoms with Gasteiger partial charge in [-0.05, 0) is 29.8 Å². The van der Waals surface area contributed by atoms with Crippen LogP contribution in [0.2, 0.25) is 0 Å². The summed E-state index contributed by atoms with van der Waals surface area (Å²) in [6.45, 7) is 0. The van der Waals surface area contributed by atoms with Crippen LogP contribution in [0.3, 0.4) is 0 Å². The fourth-order valence-corrected chi connectivity index (χ4v) is 2.83. The maximum absolute atomic E-state index is 12.0. The molecule has 0 fully saturated rings. The second kappa shape index (κ2) is 8.34. The maximum atomic E-state index is 12.0. The molecule has 25 heavy (non-hydrogen) atoms. The molecule has 128 valence electrons. The van der Waals surface area contributed by atoms with Crippen LogP contribution in [-0.4, -0.2) is 29.0 Å². The molecule has 0 bridgehead atoms. The molecule has 0 saturated heterocycles. The van der Waals surface area contributed by atoms with E-state index in [2.05, 4.69) is 15.5 Å². The number of nitrogens with zero attached hydrogens (tertiary/aromatic N) is 2. The normalized spacial score (nSPS) is 10.4. The maximum Gasteiger partial charge on any atom is 0.322 e. The van der Waals surface area contributed by atoms with Crippen molar-refractivity contribution in [2.24, 2.45) is 0 Å². The summed E-state index contributed by atoms with van der Waals surface area (Å²) < 4.78 is 10.6. The van der Waals surface area contributed by atoms with Crippen LogP contribution in [0.5, 0.6) is 5.75 Å². The molecule has 0 aliphatic heterocycles. The highest BCUT2D eigenvalue weighted by molar-refractivity contribution is 8.00. The molecule has 1 amide bonds. The molecular formula is C18H17N3O3S. The van der Waals surface area contributed by atoms with Gasteiger partial charge >= 0.3 is 6.01 Å². The van der Waals surface area contributed by atoms with E-state index in [9.17, 15) is 4.79 Å². The number of hydrogen-bond donors (Lipinski definition) is 1. The van der Waals surface area contributed by atoms with Gasteiger partial charge in [-0.3, -0.25) is 10.1 Å². The highest BCUT2D eigenvalue weighted by Gasteiger charge is 2.11. The number of thioether (sulfide) groups is 1. The minimum absolute atomic E-state index is 0.113. The number of methoxy groups -OCH3 is 1. The number of carbonyl (C=O) groups is 1. The van der Waals surface area contributed by atoms with Gasteiger partial charge in [-0.15, -0.1) is 16.9 Å². The van der Waals surface area contributed by atoms with Gasteiger partial charge < -0.3 is 9.15 Å². The van der Waals surface area contributed by atoms with Crippen LogP contribution in [0.25, 0.3) is 0 Å². The van der Waals surface area contributed by atoms with Crippen molar-refractivity contribution in [3.63, 3.8) is 0 Å². The highest BCUT2D eigenvalue weighted by atomic mass is 32.2. The largest absolute Gasteiger partial charge is 0.497 e. The molecular weight excluding hydrogens is 338 g/mol. The summed E-state index contributed by atoms with van der Waals surface area (Å²) in [5.74, 6) is 1.32. The Morgan fingerprint density at radius 2 is 1.88 bits per heavy atom.